The normalized spacial score (nSPS) is 16.0. The molecule has 3 nitrogen and oxygen atoms in total. The van der Waals surface area contributed by atoms with Crippen LogP contribution in [-0.2, 0) is 6.42 Å². The van der Waals surface area contributed by atoms with Crippen molar-refractivity contribution < 1.29 is 4.74 Å². The van der Waals surface area contributed by atoms with E-state index in [4.69, 9.17) is 4.74 Å². The Bertz CT molecular complexity index is 847. The molecule has 0 saturated heterocycles. The number of likely N-dealkylation sites (N-methyl/N-ethyl adjacent to an activating group) is 1. The van der Waals surface area contributed by atoms with Gasteiger partial charge in [0.1, 0.15) is 11.9 Å². The van der Waals surface area contributed by atoms with Gasteiger partial charge in [-0.25, -0.2) is 0 Å². The maximum absolute atomic E-state index is 6.18. The zero-order valence-electron chi connectivity index (χ0n) is 14.4. The summed E-state index contributed by atoms with van der Waals surface area (Å²) in [5.74, 6) is 1.03. The van der Waals surface area contributed by atoms with Gasteiger partial charge in [0, 0.05) is 18.8 Å². The van der Waals surface area contributed by atoms with Gasteiger partial charge in [-0.05, 0) is 36.1 Å². The number of aryl methyl sites for hydroxylation is 1. The van der Waals surface area contributed by atoms with Gasteiger partial charge < -0.3 is 9.64 Å². The molecule has 2 aromatic carbocycles. The van der Waals surface area contributed by atoms with E-state index in [9.17, 15) is 0 Å². The monoisotopic (exact) mass is 330 g/mol. The zero-order chi connectivity index (χ0) is 17.1. The van der Waals surface area contributed by atoms with E-state index in [2.05, 4.69) is 65.5 Å². The first-order chi connectivity index (χ1) is 12.3. The third kappa shape index (κ3) is 3.50. The van der Waals surface area contributed by atoms with Crippen LogP contribution >= 0.6 is 0 Å². The number of rotatable bonds is 4. The van der Waals surface area contributed by atoms with Gasteiger partial charge in [0.05, 0.1) is 18.4 Å². The van der Waals surface area contributed by atoms with Gasteiger partial charge in [0.25, 0.3) is 0 Å². The number of nitrogens with zero attached hydrogens (tertiary/aromatic N) is 2. The van der Waals surface area contributed by atoms with E-state index in [1.165, 1.54) is 11.1 Å². The van der Waals surface area contributed by atoms with Crippen molar-refractivity contribution in [3.8, 4) is 16.9 Å². The van der Waals surface area contributed by atoms with E-state index < -0.39 is 0 Å². The molecule has 0 N–H and O–H groups in total. The average molecular weight is 330 g/mol. The fourth-order valence-corrected chi connectivity index (χ4v) is 3.34. The molecule has 0 fully saturated rings. The van der Waals surface area contributed by atoms with Crippen LogP contribution in [0.5, 0.6) is 5.75 Å². The third-order valence-electron chi connectivity index (χ3n) is 4.75. The molecule has 0 radical (unpaired) electrons. The molecule has 1 aliphatic heterocycles. The summed E-state index contributed by atoms with van der Waals surface area (Å²) in [5.41, 5.74) is 4.76. The minimum Gasteiger partial charge on any atom is -0.488 e. The topological polar surface area (TPSA) is 25.4 Å². The first-order valence-electron chi connectivity index (χ1n) is 8.76. The minimum atomic E-state index is 0.209. The lowest BCUT2D eigenvalue weighted by Crippen LogP contribution is -2.35. The van der Waals surface area contributed by atoms with Crippen molar-refractivity contribution in [3.05, 3.63) is 78.6 Å². The van der Waals surface area contributed by atoms with Crippen LogP contribution in [0.3, 0.4) is 0 Å². The highest BCUT2D eigenvalue weighted by Crippen LogP contribution is 2.28. The molecule has 1 atom stereocenters. The fraction of sp³-hybridized carbons (Fsp3) is 0.227. The second-order valence-electron chi connectivity index (χ2n) is 6.56. The molecular weight excluding hydrogens is 308 g/mol. The Morgan fingerprint density at radius 1 is 1.00 bits per heavy atom. The lowest BCUT2D eigenvalue weighted by molar-refractivity contribution is 0.180. The van der Waals surface area contributed by atoms with Gasteiger partial charge in [0.15, 0.2) is 0 Å². The number of pyridine rings is 1. The molecule has 1 unspecified atom stereocenters. The molecule has 1 aliphatic rings. The van der Waals surface area contributed by atoms with Gasteiger partial charge >= 0.3 is 0 Å². The summed E-state index contributed by atoms with van der Waals surface area (Å²) in [7, 11) is 2.11. The molecule has 0 aliphatic carbocycles. The van der Waals surface area contributed by atoms with Gasteiger partial charge in [-0.15, -0.1) is 0 Å². The van der Waals surface area contributed by atoms with E-state index in [0.29, 0.717) is 0 Å². The number of aromatic nitrogens is 1. The lowest BCUT2D eigenvalue weighted by Gasteiger charge is -2.30. The summed E-state index contributed by atoms with van der Waals surface area (Å²) >= 11 is 0. The van der Waals surface area contributed by atoms with Crippen molar-refractivity contribution in [3.63, 3.8) is 0 Å². The highest BCUT2D eigenvalue weighted by Gasteiger charge is 2.21. The first-order valence-corrected chi connectivity index (χ1v) is 8.76. The number of hydrogen-bond acceptors (Lipinski definition) is 3. The highest BCUT2D eigenvalue weighted by molar-refractivity contribution is 5.66. The maximum atomic E-state index is 6.18. The van der Waals surface area contributed by atoms with Crippen molar-refractivity contribution >= 4 is 5.69 Å². The Labute approximate surface area is 148 Å². The molecule has 1 aromatic heterocycles. The maximum Gasteiger partial charge on any atom is 0.123 e. The van der Waals surface area contributed by atoms with Crippen LogP contribution in [0, 0.1) is 0 Å². The molecule has 3 heteroatoms. The highest BCUT2D eigenvalue weighted by atomic mass is 16.5. The van der Waals surface area contributed by atoms with Crippen LogP contribution < -0.4 is 9.64 Å². The smallest absolute Gasteiger partial charge is 0.123 e. The van der Waals surface area contributed by atoms with Crippen LogP contribution in [-0.4, -0.2) is 24.7 Å². The summed E-state index contributed by atoms with van der Waals surface area (Å²) in [4.78, 5) is 6.66. The second-order valence-corrected chi connectivity index (χ2v) is 6.56. The predicted molar refractivity (Wildman–Crippen MR) is 102 cm³/mol. The number of benzene rings is 2. The largest absolute Gasteiger partial charge is 0.488 e. The molecule has 3 aromatic rings. The average Bonchev–Trinajstić information content (AvgIpc) is 2.69. The van der Waals surface area contributed by atoms with Crippen molar-refractivity contribution in [1.82, 2.24) is 4.98 Å². The minimum absolute atomic E-state index is 0.209. The second kappa shape index (κ2) is 6.98. The van der Waals surface area contributed by atoms with Crippen molar-refractivity contribution in [2.24, 2.45) is 0 Å². The lowest BCUT2D eigenvalue weighted by atomic mass is 10.0. The van der Waals surface area contributed by atoms with Crippen molar-refractivity contribution in [2.75, 3.05) is 18.5 Å². The van der Waals surface area contributed by atoms with Crippen LogP contribution in [0.1, 0.15) is 12.0 Å². The molecular formula is C22H22N2O. The SMILES string of the molecule is CN(CC1CCc2ccccc2O1)c1cncc(-c2ccccc2)c1. The van der Waals surface area contributed by atoms with E-state index in [1.54, 1.807) is 0 Å². The Hall–Kier alpha value is -2.81. The van der Waals surface area contributed by atoms with Crippen molar-refractivity contribution in [2.45, 2.75) is 18.9 Å². The van der Waals surface area contributed by atoms with Crippen LogP contribution in [0.15, 0.2) is 73.1 Å². The summed E-state index contributed by atoms with van der Waals surface area (Å²) < 4.78 is 6.18. The Balaban J connectivity index is 1.48. The molecule has 0 amide bonds. The van der Waals surface area contributed by atoms with Crippen LogP contribution in [0.2, 0.25) is 0 Å². The number of hydrogen-bond donors (Lipinski definition) is 0. The van der Waals surface area contributed by atoms with E-state index in [0.717, 1.165) is 36.4 Å². The molecule has 0 saturated carbocycles. The van der Waals surface area contributed by atoms with E-state index in [-0.39, 0.29) is 6.10 Å². The predicted octanol–water partition coefficient (Wildman–Crippen LogP) is 4.58. The van der Waals surface area contributed by atoms with Gasteiger partial charge in [-0.3, -0.25) is 4.98 Å². The summed E-state index contributed by atoms with van der Waals surface area (Å²) in [6.45, 7) is 0.855. The van der Waals surface area contributed by atoms with Gasteiger partial charge in [0.2, 0.25) is 0 Å². The first kappa shape index (κ1) is 15.7. The molecule has 25 heavy (non-hydrogen) atoms. The van der Waals surface area contributed by atoms with E-state index >= 15 is 0 Å². The number of ether oxygens (including phenoxy) is 1. The number of anilines is 1. The number of para-hydroxylation sites is 1. The van der Waals surface area contributed by atoms with Gasteiger partial charge in [-0.2, -0.15) is 0 Å². The quantitative estimate of drug-likeness (QED) is 0.700. The molecule has 126 valence electrons. The summed E-state index contributed by atoms with van der Waals surface area (Å²) in [6.07, 6.45) is 6.17. The number of fused-ring (bicyclic) bond motifs is 1. The fourth-order valence-electron chi connectivity index (χ4n) is 3.34. The van der Waals surface area contributed by atoms with Gasteiger partial charge in [-0.1, -0.05) is 48.5 Å². The molecule has 4 rings (SSSR count). The third-order valence-corrected chi connectivity index (χ3v) is 4.75. The Kier molecular flexibility index (Phi) is 4.38. The zero-order valence-corrected chi connectivity index (χ0v) is 14.4. The standard InChI is InChI=1S/C22H22N2O/c1-24(16-21-12-11-18-9-5-6-10-22(18)25-21)20-13-19(14-23-15-20)17-7-3-2-4-8-17/h2-10,13-15,21H,11-12,16H2,1H3. The Morgan fingerprint density at radius 2 is 1.80 bits per heavy atom. The Morgan fingerprint density at radius 3 is 2.68 bits per heavy atom. The van der Waals surface area contributed by atoms with Crippen LogP contribution in [0.25, 0.3) is 11.1 Å². The van der Waals surface area contributed by atoms with E-state index in [1.807, 2.05) is 24.5 Å². The summed E-state index contributed by atoms with van der Waals surface area (Å²) in [6, 6.07) is 20.9. The molecule has 0 bridgehead atoms. The molecule has 2 heterocycles. The molecule has 0 spiro atoms. The van der Waals surface area contributed by atoms with Crippen LogP contribution in [0.4, 0.5) is 5.69 Å². The van der Waals surface area contributed by atoms with Crippen molar-refractivity contribution in [1.29, 1.82) is 0 Å². The summed E-state index contributed by atoms with van der Waals surface area (Å²) in [5, 5.41) is 0.